The maximum Gasteiger partial charge on any atom is 0.413 e. The summed E-state index contributed by atoms with van der Waals surface area (Å²) in [5, 5.41) is 16.8. The molecule has 1 aliphatic carbocycles. The fraction of sp³-hybridized carbons (Fsp3) is 0.457. The molecular formula is C35H44N4O8. The van der Waals surface area contributed by atoms with Gasteiger partial charge in [-0.1, -0.05) is 30.3 Å². The van der Waals surface area contributed by atoms with Gasteiger partial charge in [0.15, 0.2) is 0 Å². The Labute approximate surface area is 274 Å². The average Bonchev–Trinajstić information content (AvgIpc) is 3.42. The molecule has 47 heavy (non-hydrogen) atoms. The number of amidine groups is 1. The maximum atomic E-state index is 13.6. The first kappa shape index (κ1) is 35.0. The van der Waals surface area contributed by atoms with Crippen LogP contribution in [0.25, 0.3) is 11.0 Å². The van der Waals surface area contributed by atoms with Gasteiger partial charge < -0.3 is 23.9 Å². The van der Waals surface area contributed by atoms with Gasteiger partial charge in [0.05, 0.1) is 0 Å². The molecule has 0 aliphatic heterocycles. The molecular weight excluding hydrogens is 604 g/mol. The van der Waals surface area contributed by atoms with Crippen molar-refractivity contribution in [2.45, 2.75) is 96.6 Å². The molecule has 3 amide bonds. The number of carbonyl (C=O) groups is 4. The highest BCUT2D eigenvalue weighted by Gasteiger charge is 2.51. The molecule has 0 saturated heterocycles. The van der Waals surface area contributed by atoms with E-state index in [0.717, 1.165) is 16.7 Å². The quantitative estimate of drug-likeness (QED) is 0.0526. The lowest BCUT2D eigenvalue weighted by Gasteiger charge is -2.42. The molecule has 1 saturated carbocycles. The fourth-order valence-corrected chi connectivity index (χ4v) is 5.61. The molecule has 2 aromatic carbocycles. The number of rotatable bonds is 9. The molecule has 4 rings (SSSR count). The molecule has 0 radical (unpaired) electrons. The van der Waals surface area contributed by atoms with Gasteiger partial charge in [0.1, 0.15) is 35.0 Å². The Balaban J connectivity index is 1.45. The van der Waals surface area contributed by atoms with Gasteiger partial charge in [0, 0.05) is 22.8 Å². The monoisotopic (exact) mass is 648 g/mol. The first-order chi connectivity index (χ1) is 22.1. The van der Waals surface area contributed by atoms with Crippen LogP contribution in [0.1, 0.15) is 90.0 Å². The van der Waals surface area contributed by atoms with Crippen LogP contribution in [0.15, 0.2) is 59.0 Å². The summed E-state index contributed by atoms with van der Waals surface area (Å²) in [6.07, 6.45) is 0.935. The molecule has 12 heteroatoms. The number of nitrogens with one attached hydrogen (secondary N) is 4. The second kappa shape index (κ2) is 14.3. The number of alkyl carbamates (subject to hydrolysis) is 2. The summed E-state index contributed by atoms with van der Waals surface area (Å²) in [5.41, 5.74) is -1.58. The van der Waals surface area contributed by atoms with Crippen LogP contribution in [0.2, 0.25) is 0 Å². The lowest BCUT2D eigenvalue weighted by Crippen LogP contribution is -2.69. The molecule has 3 aromatic rings. The van der Waals surface area contributed by atoms with E-state index < -0.39 is 40.9 Å². The van der Waals surface area contributed by atoms with E-state index in [1.807, 2.05) is 36.4 Å². The number of ether oxygens (including phenoxy) is 3. The molecule has 1 atom stereocenters. The Kier molecular flexibility index (Phi) is 10.6. The predicted molar refractivity (Wildman–Crippen MR) is 175 cm³/mol. The summed E-state index contributed by atoms with van der Waals surface area (Å²) in [5.74, 6) is -0.629. The Bertz CT molecular complexity index is 1600. The Morgan fingerprint density at radius 1 is 0.894 bits per heavy atom. The largest absolute Gasteiger partial charge is 0.461 e. The van der Waals surface area contributed by atoms with Gasteiger partial charge in [-0.2, -0.15) is 0 Å². The highest BCUT2D eigenvalue weighted by Crippen LogP contribution is 2.42. The van der Waals surface area contributed by atoms with Crippen molar-refractivity contribution in [3.05, 3.63) is 71.5 Å². The van der Waals surface area contributed by atoms with Crippen molar-refractivity contribution >= 4 is 41.4 Å². The van der Waals surface area contributed by atoms with Crippen molar-refractivity contribution in [3.8, 4) is 0 Å². The van der Waals surface area contributed by atoms with Crippen molar-refractivity contribution in [3.63, 3.8) is 0 Å². The minimum atomic E-state index is -1.83. The highest BCUT2D eigenvalue weighted by atomic mass is 16.6. The summed E-state index contributed by atoms with van der Waals surface area (Å²) in [7, 11) is 0. The van der Waals surface area contributed by atoms with E-state index in [2.05, 4.69) is 16.0 Å². The molecule has 252 valence electrons. The number of carbonyl (C=O) groups excluding carboxylic acids is 4. The minimum absolute atomic E-state index is 0.00161. The SMILES string of the molecule is CC(C)(C)OC(=O)NC(NC=O)(C(=O)OC(C)(C)C)C1CCC(c2cc3cc(C(=N)NC(=O)OCc4ccccc4)ccc3o2)CC1. The third-order valence-corrected chi connectivity index (χ3v) is 7.71. The molecule has 1 unspecified atom stereocenters. The van der Waals surface area contributed by atoms with Crippen LogP contribution < -0.4 is 16.0 Å². The minimum Gasteiger partial charge on any atom is -0.461 e. The van der Waals surface area contributed by atoms with Gasteiger partial charge >= 0.3 is 18.2 Å². The number of hydrogen-bond donors (Lipinski definition) is 4. The zero-order chi connectivity index (χ0) is 34.4. The molecule has 0 spiro atoms. The Hall–Kier alpha value is -4.87. The van der Waals surface area contributed by atoms with Gasteiger partial charge in [0.2, 0.25) is 12.1 Å². The van der Waals surface area contributed by atoms with Crippen molar-refractivity contribution in [1.82, 2.24) is 16.0 Å². The second-order valence-corrected chi connectivity index (χ2v) is 13.7. The van der Waals surface area contributed by atoms with Crippen molar-refractivity contribution in [1.29, 1.82) is 5.41 Å². The van der Waals surface area contributed by atoms with Crippen molar-refractivity contribution in [2.75, 3.05) is 0 Å². The summed E-state index contributed by atoms with van der Waals surface area (Å²) < 4.78 is 22.5. The Morgan fingerprint density at radius 3 is 2.17 bits per heavy atom. The van der Waals surface area contributed by atoms with E-state index in [-0.39, 0.29) is 18.4 Å². The van der Waals surface area contributed by atoms with Crippen molar-refractivity contribution in [2.24, 2.45) is 5.92 Å². The number of fused-ring (bicyclic) bond motifs is 1. The topological polar surface area (TPSA) is 169 Å². The summed E-state index contributed by atoms with van der Waals surface area (Å²) in [4.78, 5) is 50.6. The molecule has 4 N–H and O–H groups in total. The predicted octanol–water partition coefficient (Wildman–Crippen LogP) is 6.27. The molecule has 1 aromatic heterocycles. The molecule has 1 fully saturated rings. The van der Waals surface area contributed by atoms with Crippen LogP contribution in [0.3, 0.4) is 0 Å². The zero-order valence-corrected chi connectivity index (χ0v) is 27.7. The highest BCUT2D eigenvalue weighted by molar-refractivity contribution is 6.06. The molecule has 0 bridgehead atoms. The normalized spacial score (nSPS) is 17.9. The summed E-state index contributed by atoms with van der Waals surface area (Å²) >= 11 is 0. The van der Waals surface area contributed by atoms with Gasteiger partial charge in [-0.15, -0.1) is 0 Å². The number of benzene rings is 2. The van der Waals surface area contributed by atoms with Gasteiger partial charge in [-0.05, 0) is 97.1 Å². The van der Waals surface area contributed by atoms with E-state index in [1.165, 1.54) is 0 Å². The van der Waals surface area contributed by atoms with Gasteiger partial charge in [0.25, 0.3) is 0 Å². The summed E-state index contributed by atoms with van der Waals surface area (Å²) in [6, 6.07) is 16.4. The van der Waals surface area contributed by atoms with E-state index in [4.69, 9.17) is 24.0 Å². The lowest BCUT2D eigenvalue weighted by atomic mass is 9.74. The third kappa shape index (κ3) is 9.34. The van der Waals surface area contributed by atoms with Crippen molar-refractivity contribution < 1.29 is 37.8 Å². The molecule has 12 nitrogen and oxygen atoms in total. The van der Waals surface area contributed by atoms with Crippen LogP contribution in [-0.4, -0.2) is 47.3 Å². The second-order valence-electron chi connectivity index (χ2n) is 13.7. The smallest absolute Gasteiger partial charge is 0.413 e. The first-order valence-electron chi connectivity index (χ1n) is 15.6. The third-order valence-electron chi connectivity index (χ3n) is 7.71. The maximum absolute atomic E-state index is 13.6. The zero-order valence-electron chi connectivity index (χ0n) is 27.7. The van der Waals surface area contributed by atoms with E-state index in [9.17, 15) is 19.2 Å². The van der Waals surface area contributed by atoms with E-state index >= 15 is 0 Å². The molecule has 1 aliphatic rings. The molecule has 1 heterocycles. The fourth-order valence-electron chi connectivity index (χ4n) is 5.61. The Morgan fingerprint density at radius 2 is 1.55 bits per heavy atom. The number of amides is 3. The van der Waals surface area contributed by atoms with Crippen LogP contribution in [-0.2, 0) is 30.4 Å². The van der Waals surface area contributed by atoms with Crippen LogP contribution in [0.5, 0.6) is 0 Å². The van der Waals surface area contributed by atoms with Crippen LogP contribution in [0.4, 0.5) is 9.59 Å². The standard InChI is InChI=1S/C35H44N4O8/c1-33(2,3)46-30(41)35(37-21-40,39-32(43)47-34(4,5)6)26-15-12-23(13-16-26)28-19-25-18-24(14-17-27(25)45-28)29(36)38-31(42)44-20-22-10-8-7-9-11-22/h7-11,14,17-19,21,23,26H,12-13,15-16,20H2,1-6H3,(H,37,40)(H,39,43)(H2,36,38,42). The van der Waals surface area contributed by atoms with Crippen LogP contribution >= 0.6 is 0 Å². The van der Waals surface area contributed by atoms with Gasteiger partial charge in [-0.3, -0.25) is 20.8 Å². The number of furan rings is 1. The van der Waals surface area contributed by atoms with Gasteiger partial charge in [-0.25, -0.2) is 14.4 Å². The lowest BCUT2D eigenvalue weighted by molar-refractivity contribution is -0.169. The van der Waals surface area contributed by atoms with E-state index in [0.29, 0.717) is 43.2 Å². The number of hydrogen-bond acceptors (Lipinski definition) is 9. The first-order valence-corrected chi connectivity index (χ1v) is 15.6. The van der Waals surface area contributed by atoms with E-state index in [1.54, 1.807) is 59.7 Å². The summed E-state index contributed by atoms with van der Waals surface area (Å²) in [6.45, 7) is 10.3. The average molecular weight is 649 g/mol. The van der Waals surface area contributed by atoms with Crippen LogP contribution in [0, 0.1) is 11.3 Å². The number of esters is 1.